The average Bonchev–Trinajstić information content (AvgIpc) is 2.38. The molecule has 0 amide bonds. The lowest BCUT2D eigenvalue weighted by atomic mass is 10.2. The van der Waals surface area contributed by atoms with Gasteiger partial charge >= 0.3 is 11.9 Å². The minimum absolute atomic E-state index is 0.348. The molecule has 0 aliphatic carbocycles. The highest BCUT2D eigenvalue weighted by Crippen LogP contribution is 2.11. The maximum Gasteiger partial charge on any atom is 0.341 e. The van der Waals surface area contributed by atoms with E-state index in [1.54, 1.807) is 24.3 Å². The summed E-state index contributed by atoms with van der Waals surface area (Å²) >= 11 is 0. The number of hydrogen-bond donors (Lipinski definition) is 0. The summed E-state index contributed by atoms with van der Waals surface area (Å²) in [5, 5.41) is 0. The predicted octanol–water partition coefficient (Wildman–Crippen LogP) is 1.54. The van der Waals surface area contributed by atoms with Crippen molar-refractivity contribution in [3.8, 4) is 5.75 Å². The monoisotopic (exact) mass is 236 g/mol. The van der Waals surface area contributed by atoms with E-state index in [9.17, 15) is 9.59 Å². The Kier molecular flexibility index (Phi) is 4.75. The molecule has 0 unspecified atom stereocenters. The third-order valence-corrected chi connectivity index (χ3v) is 1.88. The van der Waals surface area contributed by atoms with Gasteiger partial charge in [-0.05, 0) is 24.3 Å². The molecule has 0 fully saturated rings. The smallest absolute Gasteiger partial charge is 0.341 e. The first-order valence-electron chi connectivity index (χ1n) is 4.77. The Morgan fingerprint density at radius 2 is 1.88 bits per heavy atom. The van der Waals surface area contributed by atoms with Crippen molar-refractivity contribution in [1.82, 2.24) is 0 Å². The zero-order valence-corrected chi connectivity index (χ0v) is 9.34. The summed E-state index contributed by atoms with van der Waals surface area (Å²) in [5.41, 5.74) is 0.348. The largest absolute Gasteiger partial charge is 0.497 e. The van der Waals surface area contributed by atoms with Gasteiger partial charge in [-0.15, -0.1) is 0 Å². The van der Waals surface area contributed by atoms with E-state index in [-0.39, 0.29) is 0 Å². The van der Waals surface area contributed by atoms with Gasteiger partial charge in [0.05, 0.1) is 12.7 Å². The van der Waals surface area contributed by atoms with Crippen molar-refractivity contribution in [2.45, 2.75) is 0 Å². The molecule has 0 bridgehead atoms. The van der Waals surface area contributed by atoms with Gasteiger partial charge < -0.3 is 14.2 Å². The lowest BCUT2D eigenvalue weighted by molar-refractivity contribution is -0.146. The van der Waals surface area contributed by atoms with E-state index >= 15 is 0 Å². The van der Waals surface area contributed by atoms with Crippen molar-refractivity contribution in [2.75, 3.05) is 13.9 Å². The molecular weight excluding hydrogens is 224 g/mol. The molecule has 0 N–H and O–H groups in total. The van der Waals surface area contributed by atoms with E-state index in [1.165, 1.54) is 7.11 Å². The number of benzene rings is 1. The van der Waals surface area contributed by atoms with Gasteiger partial charge in [0.15, 0.2) is 0 Å². The molecule has 0 atom stereocenters. The lowest BCUT2D eigenvalue weighted by Crippen LogP contribution is -2.11. The fourth-order valence-corrected chi connectivity index (χ4v) is 1.01. The lowest BCUT2D eigenvalue weighted by Gasteiger charge is -2.05. The molecule has 1 aromatic rings. The van der Waals surface area contributed by atoms with E-state index < -0.39 is 18.7 Å². The molecule has 1 rings (SSSR count). The van der Waals surface area contributed by atoms with Crippen LogP contribution in [0.5, 0.6) is 5.75 Å². The highest BCUT2D eigenvalue weighted by molar-refractivity contribution is 5.89. The summed E-state index contributed by atoms with van der Waals surface area (Å²) in [6.07, 6.45) is 0.987. The third kappa shape index (κ3) is 3.98. The summed E-state index contributed by atoms with van der Waals surface area (Å²) < 4.78 is 14.2. The minimum Gasteiger partial charge on any atom is -0.497 e. The summed E-state index contributed by atoms with van der Waals surface area (Å²) in [4.78, 5) is 22.1. The number of rotatable bonds is 5. The first-order chi connectivity index (χ1) is 8.17. The predicted molar refractivity (Wildman–Crippen MR) is 59.6 cm³/mol. The second-order valence-corrected chi connectivity index (χ2v) is 2.95. The average molecular weight is 236 g/mol. The van der Waals surface area contributed by atoms with Crippen LogP contribution in [0, 0.1) is 0 Å². The van der Waals surface area contributed by atoms with Crippen LogP contribution >= 0.6 is 0 Å². The van der Waals surface area contributed by atoms with Crippen LogP contribution in [0.2, 0.25) is 0 Å². The highest BCUT2D eigenvalue weighted by Gasteiger charge is 2.07. The van der Waals surface area contributed by atoms with Gasteiger partial charge in [-0.3, -0.25) is 0 Å². The molecule has 0 aliphatic rings. The molecule has 1 aromatic carbocycles. The summed E-state index contributed by atoms with van der Waals surface area (Å²) in [7, 11) is 1.53. The van der Waals surface area contributed by atoms with Crippen LogP contribution in [0.3, 0.4) is 0 Å². The SMILES string of the molecule is C=CC(=O)OCOC(=O)c1ccc(OC)cc1. The van der Waals surface area contributed by atoms with Gasteiger partial charge in [0, 0.05) is 6.08 Å². The first kappa shape index (κ1) is 12.8. The zero-order valence-electron chi connectivity index (χ0n) is 9.34. The molecule has 0 saturated carbocycles. The molecule has 0 spiro atoms. The Labute approximate surface area is 98.6 Å². The van der Waals surface area contributed by atoms with Crippen molar-refractivity contribution in [3.63, 3.8) is 0 Å². The molecule has 5 nitrogen and oxygen atoms in total. The normalized spacial score (nSPS) is 9.24. The molecule has 0 saturated heterocycles. The van der Waals surface area contributed by atoms with Crippen LogP contribution < -0.4 is 4.74 Å². The van der Waals surface area contributed by atoms with Gasteiger partial charge in [-0.25, -0.2) is 9.59 Å². The zero-order chi connectivity index (χ0) is 12.7. The van der Waals surface area contributed by atoms with Crippen molar-refractivity contribution >= 4 is 11.9 Å². The second kappa shape index (κ2) is 6.32. The van der Waals surface area contributed by atoms with Crippen LogP contribution in [0.25, 0.3) is 0 Å². The van der Waals surface area contributed by atoms with Crippen LogP contribution in [0.15, 0.2) is 36.9 Å². The number of carbonyl (C=O) groups excluding carboxylic acids is 2. The molecule has 0 heterocycles. The van der Waals surface area contributed by atoms with Crippen LogP contribution in [-0.4, -0.2) is 25.8 Å². The maximum absolute atomic E-state index is 11.4. The number of hydrogen-bond acceptors (Lipinski definition) is 5. The van der Waals surface area contributed by atoms with Crippen molar-refractivity contribution in [2.24, 2.45) is 0 Å². The minimum atomic E-state index is -0.646. The first-order valence-corrected chi connectivity index (χ1v) is 4.77. The van der Waals surface area contributed by atoms with Crippen LogP contribution in [0.1, 0.15) is 10.4 Å². The summed E-state index contributed by atoms with van der Waals surface area (Å²) in [5.74, 6) is -0.586. The Morgan fingerprint density at radius 3 is 2.41 bits per heavy atom. The van der Waals surface area contributed by atoms with E-state index in [0.717, 1.165) is 6.08 Å². The van der Waals surface area contributed by atoms with E-state index in [1.807, 2.05) is 0 Å². The fraction of sp³-hybridized carbons (Fsp3) is 0.167. The van der Waals surface area contributed by atoms with Crippen molar-refractivity contribution in [3.05, 3.63) is 42.5 Å². The Morgan fingerprint density at radius 1 is 1.24 bits per heavy atom. The standard InChI is InChI=1S/C12H12O5/c1-3-11(13)16-8-17-12(14)9-4-6-10(15-2)7-5-9/h3-7H,1,8H2,2H3. The number of carbonyl (C=O) groups is 2. The molecule has 90 valence electrons. The van der Waals surface area contributed by atoms with Crippen LogP contribution in [-0.2, 0) is 14.3 Å². The number of esters is 2. The Hall–Kier alpha value is -2.30. The Balaban J connectivity index is 2.46. The summed E-state index contributed by atoms with van der Waals surface area (Å²) in [6.45, 7) is 2.77. The molecule has 0 radical (unpaired) electrons. The fourth-order valence-electron chi connectivity index (χ4n) is 1.01. The molecular formula is C12H12O5. The molecule has 0 aliphatic heterocycles. The number of ether oxygens (including phenoxy) is 3. The Bertz CT molecular complexity index is 407. The van der Waals surface area contributed by atoms with Crippen molar-refractivity contribution in [1.29, 1.82) is 0 Å². The quantitative estimate of drug-likeness (QED) is 0.441. The van der Waals surface area contributed by atoms with Gasteiger partial charge in [-0.1, -0.05) is 6.58 Å². The highest BCUT2D eigenvalue weighted by atomic mass is 16.7. The second-order valence-electron chi connectivity index (χ2n) is 2.95. The topological polar surface area (TPSA) is 61.8 Å². The van der Waals surface area contributed by atoms with Gasteiger partial charge in [0.1, 0.15) is 5.75 Å². The van der Waals surface area contributed by atoms with E-state index in [0.29, 0.717) is 11.3 Å². The molecule has 17 heavy (non-hydrogen) atoms. The van der Waals surface area contributed by atoms with E-state index in [4.69, 9.17) is 9.47 Å². The van der Waals surface area contributed by atoms with Crippen LogP contribution in [0.4, 0.5) is 0 Å². The van der Waals surface area contributed by atoms with E-state index in [2.05, 4.69) is 11.3 Å². The van der Waals surface area contributed by atoms with Gasteiger partial charge in [0.2, 0.25) is 6.79 Å². The third-order valence-electron chi connectivity index (χ3n) is 1.88. The molecule has 5 heteroatoms. The molecule has 0 aromatic heterocycles. The maximum atomic E-state index is 11.4. The number of methoxy groups -OCH3 is 1. The summed E-state index contributed by atoms with van der Waals surface area (Å²) in [6, 6.07) is 6.37. The van der Waals surface area contributed by atoms with Crippen molar-refractivity contribution < 1.29 is 23.8 Å². The van der Waals surface area contributed by atoms with Gasteiger partial charge in [0.25, 0.3) is 0 Å². The van der Waals surface area contributed by atoms with Gasteiger partial charge in [-0.2, -0.15) is 0 Å².